The summed E-state index contributed by atoms with van der Waals surface area (Å²) >= 11 is 0. The predicted octanol–water partition coefficient (Wildman–Crippen LogP) is 1.55. The maximum Gasteiger partial charge on any atom is 0.221 e. The van der Waals surface area contributed by atoms with Crippen molar-refractivity contribution in [2.45, 2.75) is 32.7 Å². The molecule has 0 saturated heterocycles. The van der Waals surface area contributed by atoms with E-state index in [1.54, 1.807) is 21.3 Å². The van der Waals surface area contributed by atoms with Gasteiger partial charge in [0.2, 0.25) is 5.91 Å². The SMILES string of the molecule is CCCNC(=O)CCNC(=NC)N1CCc2cc(OC)c(OC)cc2C1. The van der Waals surface area contributed by atoms with Crippen LogP contribution in [0.25, 0.3) is 0 Å². The lowest BCUT2D eigenvalue weighted by Crippen LogP contribution is -2.45. The zero-order valence-corrected chi connectivity index (χ0v) is 16.2. The highest BCUT2D eigenvalue weighted by Crippen LogP contribution is 2.33. The summed E-state index contributed by atoms with van der Waals surface area (Å²) in [7, 11) is 5.07. The number of guanidine groups is 1. The largest absolute Gasteiger partial charge is 0.493 e. The zero-order valence-electron chi connectivity index (χ0n) is 16.2. The number of hydrogen-bond donors (Lipinski definition) is 2. The van der Waals surface area contributed by atoms with Crippen LogP contribution in [0.15, 0.2) is 17.1 Å². The number of methoxy groups -OCH3 is 2. The maximum absolute atomic E-state index is 11.7. The highest BCUT2D eigenvalue weighted by molar-refractivity contribution is 5.81. The van der Waals surface area contributed by atoms with Crippen molar-refractivity contribution < 1.29 is 14.3 Å². The van der Waals surface area contributed by atoms with E-state index in [2.05, 4.69) is 26.6 Å². The minimum absolute atomic E-state index is 0.0654. The average Bonchev–Trinajstić information content (AvgIpc) is 2.68. The molecule has 0 aliphatic carbocycles. The summed E-state index contributed by atoms with van der Waals surface area (Å²) in [6, 6.07) is 4.09. The molecule has 0 saturated carbocycles. The number of hydrogen-bond acceptors (Lipinski definition) is 4. The van der Waals surface area contributed by atoms with Crippen molar-refractivity contribution in [1.82, 2.24) is 15.5 Å². The highest BCUT2D eigenvalue weighted by atomic mass is 16.5. The topological polar surface area (TPSA) is 75.2 Å². The van der Waals surface area contributed by atoms with Crippen molar-refractivity contribution in [2.75, 3.05) is 40.9 Å². The van der Waals surface area contributed by atoms with E-state index in [1.165, 1.54) is 11.1 Å². The van der Waals surface area contributed by atoms with Crippen LogP contribution in [0.1, 0.15) is 30.9 Å². The second kappa shape index (κ2) is 9.89. The van der Waals surface area contributed by atoms with Gasteiger partial charge in [-0.2, -0.15) is 0 Å². The third-order valence-electron chi connectivity index (χ3n) is 4.44. The molecule has 1 amide bonds. The number of aliphatic imine (C=N–C) groups is 1. The minimum atomic E-state index is 0.0654. The van der Waals surface area contributed by atoms with Crippen LogP contribution in [0.4, 0.5) is 0 Å². The van der Waals surface area contributed by atoms with Gasteiger partial charge in [-0.25, -0.2) is 0 Å². The molecular formula is C19H30N4O3. The predicted molar refractivity (Wildman–Crippen MR) is 103 cm³/mol. The van der Waals surface area contributed by atoms with E-state index in [0.717, 1.165) is 49.9 Å². The van der Waals surface area contributed by atoms with Crippen LogP contribution in [-0.2, 0) is 17.8 Å². The number of nitrogens with zero attached hydrogens (tertiary/aromatic N) is 2. The molecule has 1 aliphatic rings. The monoisotopic (exact) mass is 362 g/mol. The van der Waals surface area contributed by atoms with E-state index in [0.29, 0.717) is 13.0 Å². The van der Waals surface area contributed by atoms with Crippen molar-refractivity contribution in [3.05, 3.63) is 23.3 Å². The summed E-state index contributed by atoms with van der Waals surface area (Å²) in [6.45, 7) is 4.94. The lowest BCUT2D eigenvalue weighted by molar-refractivity contribution is -0.120. The molecule has 0 aromatic heterocycles. The molecule has 0 spiro atoms. The Bertz CT molecular complexity index is 646. The standard InChI is InChI=1S/C19H30N4O3/c1-5-8-21-18(24)6-9-22-19(20-2)23-10-7-14-11-16(25-3)17(26-4)12-15(14)13-23/h11-12H,5-10,13H2,1-4H3,(H,20,22)(H,21,24). The van der Waals surface area contributed by atoms with Crippen molar-refractivity contribution in [3.63, 3.8) is 0 Å². The Labute approximate surface area is 155 Å². The van der Waals surface area contributed by atoms with Crippen LogP contribution < -0.4 is 20.1 Å². The second-order valence-corrected chi connectivity index (χ2v) is 6.22. The van der Waals surface area contributed by atoms with E-state index in [-0.39, 0.29) is 5.91 Å². The molecule has 7 nitrogen and oxygen atoms in total. The Morgan fingerprint density at radius 2 is 1.85 bits per heavy atom. The molecule has 1 aliphatic heterocycles. The van der Waals surface area contributed by atoms with Gasteiger partial charge in [-0.15, -0.1) is 0 Å². The molecule has 2 rings (SSSR count). The van der Waals surface area contributed by atoms with Crippen LogP contribution in [-0.4, -0.2) is 57.7 Å². The molecule has 0 fully saturated rings. The molecule has 1 aromatic carbocycles. The summed E-state index contributed by atoms with van der Waals surface area (Å²) in [5, 5.41) is 6.17. The molecule has 1 aromatic rings. The van der Waals surface area contributed by atoms with Crippen LogP contribution in [0.5, 0.6) is 11.5 Å². The Balaban J connectivity index is 1.96. The molecule has 2 N–H and O–H groups in total. The third kappa shape index (κ3) is 5.03. The molecule has 0 bridgehead atoms. The molecule has 0 unspecified atom stereocenters. The number of carbonyl (C=O) groups excluding carboxylic acids is 1. The number of fused-ring (bicyclic) bond motifs is 1. The molecule has 0 radical (unpaired) electrons. The number of nitrogens with one attached hydrogen (secondary N) is 2. The lowest BCUT2D eigenvalue weighted by Gasteiger charge is -2.32. The van der Waals surface area contributed by atoms with E-state index in [4.69, 9.17) is 9.47 Å². The summed E-state index contributed by atoms with van der Waals surface area (Å²) in [5.74, 6) is 2.38. The fourth-order valence-electron chi connectivity index (χ4n) is 3.04. The van der Waals surface area contributed by atoms with Gasteiger partial charge in [0.1, 0.15) is 0 Å². The average molecular weight is 362 g/mol. The summed E-state index contributed by atoms with van der Waals surface area (Å²) in [4.78, 5) is 18.3. The molecule has 0 atom stereocenters. The minimum Gasteiger partial charge on any atom is -0.493 e. The number of ether oxygens (including phenoxy) is 2. The van der Waals surface area contributed by atoms with Gasteiger partial charge < -0.3 is 25.0 Å². The van der Waals surface area contributed by atoms with Crippen LogP contribution in [0.3, 0.4) is 0 Å². The van der Waals surface area contributed by atoms with Crippen molar-refractivity contribution >= 4 is 11.9 Å². The van der Waals surface area contributed by atoms with E-state index in [1.807, 2.05) is 13.0 Å². The first kappa shape index (κ1) is 19.9. The van der Waals surface area contributed by atoms with Gasteiger partial charge in [0, 0.05) is 39.6 Å². The summed E-state index contributed by atoms with van der Waals surface area (Å²) in [5.41, 5.74) is 2.48. The Kier molecular flexibility index (Phi) is 7.56. The molecule has 144 valence electrons. The van der Waals surface area contributed by atoms with Gasteiger partial charge in [-0.1, -0.05) is 6.92 Å². The number of rotatable bonds is 7. The first-order chi connectivity index (χ1) is 12.6. The number of carbonyl (C=O) groups is 1. The fourth-order valence-corrected chi connectivity index (χ4v) is 3.04. The van der Waals surface area contributed by atoms with E-state index >= 15 is 0 Å². The molecule has 1 heterocycles. The summed E-state index contributed by atoms with van der Waals surface area (Å²) < 4.78 is 10.8. The molecule has 26 heavy (non-hydrogen) atoms. The van der Waals surface area contributed by atoms with E-state index in [9.17, 15) is 4.79 Å². The Morgan fingerprint density at radius 3 is 2.46 bits per heavy atom. The number of amides is 1. The van der Waals surface area contributed by atoms with Gasteiger partial charge >= 0.3 is 0 Å². The van der Waals surface area contributed by atoms with Crippen molar-refractivity contribution in [2.24, 2.45) is 4.99 Å². The molecule has 7 heteroatoms. The third-order valence-corrected chi connectivity index (χ3v) is 4.44. The van der Waals surface area contributed by atoms with Gasteiger partial charge in [-0.3, -0.25) is 9.79 Å². The fraction of sp³-hybridized carbons (Fsp3) is 0.579. The van der Waals surface area contributed by atoms with Crippen molar-refractivity contribution in [1.29, 1.82) is 0 Å². The Morgan fingerprint density at radius 1 is 1.15 bits per heavy atom. The van der Waals surface area contributed by atoms with Gasteiger partial charge in [-0.05, 0) is 36.1 Å². The first-order valence-electron chi connectivity index (χ1n) is 9.09. The van der Waals surface area contributed by atoms with Gasteiger partial charge in [0.05, 0.1) is 14.2 Å². The van der Waals surface area contributed by atoms with Gasteiger partial charge in [0.15, 0.2) is 17.5 Å². The highest BCUT2D eigenvalue weighted by Gasteiger charge is 2.21. The first-order valence-corrected chi connectivity index (χ1v) is 9.09. The van der Waals surface area contributed by atoms with Crippen LogP contribution in [0.2, 0.25) is 0 Å². The van der Waals surface area contributed by atoms with Gasteiger partial charge in [0.25, 0.3) is 0 Å². The lowest BCUT2D eigenvalue weighted by atomic mass is 9.99. The summed E-state index contributed by atoms with van der Waals surface area (Å²) in [6.07, 6.45) is 2.30. The number of benzene rings is 1. The maximum atomic E-state index is 11.7. The zero-order chi connectivity index (χ0) is 18.9. The second-order valence-electron chi connectivity index (χ2n) is 6.22. The van der Waals surface area contributed by atoms with Crippen LogP contribution in [0, 0.1) is 0 Å². The smallest absolute Gasteiger partial charge is 0.221 e. The van der Waals surface area contributed by atoms with E-state index < -0.39 is 0 Å². The Hall–Kier alpha value is -2.44. The van der Waals surface area contributed by atoms with Crippen LogP contribution >= 0.6 is 0 Å². The molecular weight excluding hydrogens is 332 g/mol. The normalized spacial score (nSPS) is 13.8. The quantitative estimate of drug-likeness (QED) is 0.569. The van der Waals surface area contributed by atoms with Crippen molar-refractivity contribution in [3.8, 4) is 11.5 Å².